The lowest BCUT2D eigenvalue weighted by molar-refractivity contribution is 0.410. The van der Waals surface area contributed by atoms with Crippen molar-refractivity contribution in [1.29, 1.82) is 0 Å². The first kappa shape index (κ1) is 11.4. The summed E-state index contributed by atoms with van der Waals surface area (Å²) in [5, 5.41) is 13.0. The fraction of sp³-hybridized carbons (Fsp3) is 0.333. The molecule has 2 aromatic rings. The summed E-state index contributed by atoms with van der Waals surface area (Å²) >= 11 is 0. The number of phenolic OH excluding ortho intramolecular Hbond substituents is 1. The Labute approximate surface area is 106 Å². The first-order chi connectivity index (χ1) is 8.83. The quantitative estimate of drug-likeness (QED) is 0.870. The summed E-state index contributed by atoms with van der Waals surface area (Å²) in [5.41, 5.74) is 2.40. The average molecular weight is 243 g/mol. The largest absolute Gasteiger partial charge is 0.508 e. The van der Waals surface area contributed by atoms with Crippen molar-refractivity contribution in [2.24, 2.45) is 0 Å². The topological polar surface area (TPSA) is 45.4 Å². The van der Waals surface area contributed by atoms with Crippen molar-refractivity contribution in [3.05, 3.63) is 53.5 Å². The van der Waals surface area contributed by atoms with Crippen LogP contribution < -0.4 is 5.32 Å². The number of furan rings is 1. The highest BCUT2D eigenvalue weighted by Crippen LogP contribution is 2.30. The third-order valence-corrected chi connectivity index (χ3v) is 3.52. The Morgan fingerprint density at radius 2 is 2.28 bits per heavy atom. The summed E-state index contributed by atoms with van der Waals surface area (Å²) in [6.45, 7) is 0.768. The van der Waals surface area contributed by atoms with E-state index in [0.717, 1.165) is 37.1 Å². The van der Waals surface area contributed by atoms with E-state index in [1.165, 1.54) is 5.56 Å². The van der Waals surface area contributed by atoms with Gasteiger partial charge in [-0.3, -0.25) is 0 Å². The van der Waals surface area contributed by atoms with Gasteiger partial charge in [0.1, 0.15) is 11.5 Å². The Balaban J connectivity index is 1.68. The van der Waals surface area contributed by atoms with Crippen LogP contribution in [-0.4, -0.2) is 5.11 Å². The highest BCUT2D eigenvalue weighted by Gasteiger charge is 2.21. The molecule has 1 aliphatic carbocycles. The first-order valence-corrected chi connectivity index (χ1v) is 6.40. The van der Waals surface area contributed by atoms with Crippen LogP contribution in [0.25, 0.3) is 0 Å². The lowest BCUT2D eigenvalue weighted by Crippen LogP contribution is -2.23. The SMILES string of the molecule is Oc1cccc(CNC2CCCc3occc32)c1. The van der Waals surface area contributed by atoms with Crippen LogP contribution in [0.4, 0.5) is 0 Å². The Morgan fingerprint density at radius 1 is 1.33 bits per heavy atom. The number of nitrogens with one attached hydrogen (secondary N) is 1. The summed E-state index contributed by atoms with van der Waals surface area (Å²) in [5.74, 6) is 1.44. The molecule has 1 atom stereocenters. The van der Waals surface area contributed by atoms with Gasteiger partial charge in [-0.15, -0.1) is 0 Å². The van der Waals surface area contributed by atoms with Crippen molar-refractivity contribution in [2.45, 2.75) is 31.8 Å². The first-order valence-electron chi connectivity index (χ1n) is 6.40. The molecule has 0 spiro atoms. The molecule has 0 radical (unpaired) electrons. The molecule has 94 valence electrons. The second kappa shape index (κ2) is 4.86. The molecule has 0 aliphatic heterocycles. The van der Waals surface area contributed by atoms with Crippen molar-refractivity contribution in [3.63, 3.8) is 0 Å². The lowest BCUT2D eigenvalue weighted by atomic mass is 9.93. The normalized spacial score (nSPS) is 18.6. The molecule has 0 saturated heterocycles. The van der Waals surface area contributed by atoms with E-state index in [9.17, 15) is 5.11 Å². The molecule has 0 saturated carbocycles. The summed E-state index contributed by atoms with van der Waals surface area (Å²) in [6.07, 6.45) is 5.13. The summed E-state index contributed by atoms with van der Waals surface area (Å²) in [6, 6.07) is 9.82. The van der Waals surface area contributed by atoms with Crippen LogP contribution >= 0.6 is 0 Å². The van der Waals surface area contributed by atoms with Gasteiger partial charge in [-0.1, -0.05) is 12.1 Å². The molecule has 1 aliphatic rings. The molecule has 2 N–H and O–H groups in total. The zero-order valence-corrected chi connectivity index (χ0v) is 10.2. The molecule has 1 heterocycles. The number of aromatic hydroxyl groups is 1. The van der Waals surface area contributed by atoms with Gasteiger partial charge in [0.15, 0.2) is 0 Å². The number of phenols is 1. The molecule has 0 amide bonds. The van der Waals surface area contributed by atoms with Gasteiger partial charge in [-0.25, -0.2) is 0 Å². The van der Waals surface area contributed by atoms with Crippen LogP contribution in [0.3, 0.4) is 0 Å². The maximum atomic E-state index is 9.43. The van der Waals surface area contributed by atoms with Gasteiger partial charge in [0.05, 0.1) is 6.26 Å². The van der Waals surface area contributed by atoms with Gasteiger partial charge >= 0.3 is 0 Å². The van der Waals surface area contributed by atoms with Gasteiger partial charge in [-0.2, -0.15) is 0 Å². The minimum Gasteiger partial charge on any atom is -0.508 e. The van der Waals surface area contributed by atoms with E-state index >= 15 is 0 Å². The number of rotatable bonds is 3. The van der Waals surface area contributed by atoms with Crippen LogP contribution in [-0.2, 0) is 13.0 Å². The average Bonchev–Trinajstić information content (AvgIpc) is 2.85. The predicted molar refractivity (Wildman–Crippen MR) is 69.3 cm³/mol. The molecule has 0 bridgehead atoms. The predicted octanol–water partition coefficient (Wildman–Crippen LogP) is 3.15. The molecular weight excluding hydrogens is 226 g/mol. The monoisotopic (exact) mass is 243 g/mol. The van der Waals surface area contributed by atoms with Crippen LogP contribution in [0.2, 0.25) is 0 Å². The maximum absolute atomic E-state index is 9.43. The molecule has 0 fully saturated rings. The standard InChI is InChI=1S/C15H17NO2/c17-12-4-1-3-11(9-12)10-16-14-5-2-6-15-13(14)7-8-18-15/h1,3-4,7-9,14,16-17H,2,5-6,10H2. The number of fused-ring (bicyclic) bond motifs is 1. The van der Waals surface area contributed by atoms with Gasteiger partial charge in [0.25, 0.3) is 0 Å². The van der Waals surface area contributed by atoms with Crippen molar-refractivity contribution in [1.82, 2.24) is 5.32 Å². The highest BCUT2D eigenvalue weighted by molar-refractivity contribution is 5.28. The molecule has 3 heteroatoms. The Hall–Kier alpha value is -1.74. The van der Waals surface area contributed by atoms with Crippen LogP contribution in [0.1, 0.15) is 35.8 Å². The zero-order chi connectivity index (χ0) is 12.4. The Morgan fingerprint density at radius 3 is 3.17 bits per heavy atom. The maximum Gasteiger partial charge on any atom is 0.115 e. The van der Waals surface area contributed by atoms with E-state index in [4.69, 9.17) is 4.42 Å². The molecule has 18 heavy (non-hydrogen) atoms. The second-order valence-corrected chi connectivity index (χ2v) is 4.79. The van der Waals surface area contributed by atoms with Crippen molar-refractivity contribution < 1.29 is 9.52 Å². The third-order valence-electron chi connectivity index (χ3n) is 3.52. The summed E-state index contributed by atoms with van der Waals surface area (Å²) in [4.78, 5) is 0. The van der Waals surface area contributed by atoms with Gasteiger partial charge in [0.2, 0.25) is 0 Å². The van der Waals surface area contributed by atoms with Gasteiger partial charge in [0, 0.05) is 24.6 Å². The minimum absolute atomic E-state index is 0.321. The Kier molecular flexibility index (Phi) is 3.07. The number of hydrogen-bond donors (Lipinski definition) is 2. The molecule has 1 aromatic carbocycles. The van der Waals surface area contributed by atoms with E-state index in [1.54, 1.807) is 18.4 Å². The molecule has 1 unspecified atom stereocenters. The number of benzene rings is 1. The lowest BCUT2D eigenvalue weighted by Gasteiger charge is -2.22. The summed E-state index contributed by atoms with van der Waals surface area (Å²) < 4.78 is 5.48. The van der Waals surface area contributed by atoms with Crippen LogP contribution in [0.5, 0.6) is 5.75 Å². The van der Waals surface area contributed by atoms with Crippen molar-refractivity contribution in [2.75, 3.05) is 0 Å². The van der Waals surface area contributed by atoms with E-state index in [0.29, 0.717) is 11.8 Å². The van der Waals surface area contributed by atoms with Crippen molar-refractivity contribution in [3.8, 4) is 5.75 Å². The second-order valence-electron chi connectivity index (χ2n) is 4.79. The van der Waals surface area contributed by atoms with E-state index in [-0.39, 0.29) is 0 Å². The van der Waals surface area contributed by atoms with Crippen LogP contribution in [0, 0.1) is 0 Å². The smallest absolute Gasteiger partial charge is 0.115 e. The van der Waals surface area contributed by atoms with Gasteiger partial charge in [-0.05, 0) is 36.6 Å². The van der Waals surface area contributed by atoms with E-state index in [2.05, 4.69) is 11.4 Å². The third kappa shape index (κ3) is 2.27. The van der Waals surface area contributed by atoms with Gasteiger partial charge < -0.3 is 14.8 Å². The molecular formula is C15H17NO2. The van der Waals surface area contributed by atoms with E-state index < -0.39 is 0 Å². The highest BCUT2D eigenvalue weighted by atomic mass is 16.3. The van der Waals surface area contributed by atoms with E-state index in [1.807, 2.05) is 12.1 Å². The fourth-order valence-corrected chi connectivity index (χ4v) is 2.61. The minimum atomic E-state index is 0.321. The molecule has 3 rings (SSSR count). The zero-order valence-electron chi connectivity index (χ0n) is 10.2. The van der Waals surface area contributed by atoms with Crippen LogP contribution in [0.15, 0.2) is 41.0 Å². The fourth-order valence-electron chi connectivity index (χ4n) is 2.61. The summed E-state index contributed by atoms with van der Waals surface area (Å²) in [7, 11) is 0. The van der Waals surface area contributed by atoms with Crippen molar-refractivity contribution >= 4 is 0 Å². The molecule has 1 aromatic heterocycles. The number of aryl methyl sites for hydroxylation is 1. The Bertz CT molecular complexity index is 533. The molecule has 3 nitrogen and oxygen atoms in total. The number of hydrogen-bond acceptors (Lipinski definition) is 3.